The van der Waals surface area contributed by atoms with Crippen LogP contribution in [0.25, 0.3) is 0 Å². The van der Waals surface area contributed by atoms with Crippen LogP contribution >= 0.6 is 0 Å². The summed E-state index contributed by atoms with van der Waals surface area (Å²) in [5.41, 5.74) is 0.716. The molecule has 0 saturated carbocycles. The van der Waals surface area contributed by atoms with Gasteiger partial charge in [0.05, 0.1) is 6.04 Å². The monoisotopic (exact) mass is 289 g/mol. The molecular formula is C13H14F3NO3. The molecule has 110 valence electrons. The largest absolute Gasteiger partial charge is 0.465 e. The van der Waals surface area contributed by atoms with E-state index in [1.807, 2.05) is 0 Å². The van der Waals surface area contributed by atoms with E-state index in [0.29, 0.717) is 11.1 Å². The molecule has 2 rings (SSSR count). The number of fused-ring (bicyclic) bond motifs is 1. The molecule has 1 aromatic rings. The zero-order valence-corrected chi connectivity index (χ0v) is 10.7. The Kier molecular flexibility index (Phi) is 3.64. The SMILES string of the molecule is C[C@H]1c2cccc(C(O)C(F)(F)F)c2CCN1C(=O)O. The number of carbonyl (C=O) groups is 1. The highest BCUT2D eigenvalue weighted by atomic mass is 19.4. The number of aliphatic hydroxyl groups excluding tert-OH is 1. The molecule has 2 atom stereocenters. The molecule has 0 bridgehead atoms. The van der Waals surface area contributed by atoms with Crippen LogP contribution in [0.15, 0.2) is 18.2 Å². The summed E-state index contributed by atoms with van der Waals surface area (Å²) in [5.74, 6) is 0. The van der Waals surface area contributed by atoms with Crippen molar-refractivity contribution in [3.8, 4) is 0 Å². The number of aliphatic hydroxyl groups is 1. The average Bonchev–Trinajstić information content (AvgIpc) is 2.36. The fourth-order valence-electron chi connectivity index (χ4n) is 2.59. The number of nitrogens with zero attached hydrogens (tertiary/aromatic N) is 1. The fourth-order valence-corrected chi connectivity index (χ4v) is 2.59. The predicted molar refractivity (Wildman–Crippen MR) is 64.3 cm³/mol. The number of hydrogen-bond donors (Lipinski definition) is 2. The van der Waals surface area contributed by atoms with Crippen LogP contribution in [0.3, 0.4) is 0 Å². The van der Waals surface area contributed by atoms with E-state index in [2.05, 4.69) is 0 Å². The van der Waals surface area contributed by atoms with Crippen molar-refractivity contribution in [2.45, 2.75) is 31.7 Å². The lowest BCUT2D eigenvalue weighted by Crippen LogP contribution is -2.38. The zero-order chi connectivity index (χ0) is 15.1. The van der Waals surface area contributed by atoms with Gasteiger partial charge in [0, 0.05) is 6.54 Å². The van der Waals surface area contributed by atoms with Crippen molar-refractivity contribution in [1.82, 2.24) is 4.90 Å². The second-order valence-corrected chi connectivity index (χ2v) is 4.76. The van der Waals surface area contributed by atoms with Gasteiger partial charge < -0.3 is 15.1 Å². The molecule has 20 heavy (non-hydrogen) atoms. The van der Waals surface area contributed by atoms with Gasteiger partial charge in [-0.15, -0.1) is 0 Å². The van der Waals surface area contributed by atoms with Crippen molar-refractivity contribution in [2.75, 3.05) is 6.54 Å². The quantitative estimate of drug-likeness (QED) is 0.835. The van der Waals surface area contributed by atoms with Crippen molar-refractivity contribution < 1.29 is 28.2 Å². The maximum atomic E-state index is 12.7. The molecule has 0 aromatic heterocycles. The smallest absolute Gasteiger partial charge is 0.418 e. The van der Waals surface area contributed by atoms with E-state index in [4.69, 9.17) is 5.11 Å². The summed E-state index contributed by atoms with van der Waals surface area (Å²) < 4.78 is 38.0. The molecule has 1 aromatic carbocycles. The fraction of sp³-hybridized carbons (Fsp3) is 0.462. The summed E-state index contributed by atoms with van der Waals surface area (Å²) >= 11 is 0. The second-order valence-electron chi connectivity index (χ2n) is 4.76. The zero-order valence-electron chi connectivity index (χ0n) is 10.7. The minimum atomic E-state index is -4.73. The standard InChI is InChI=1S/C13H14F3NO3/c1-7-8-3-2-4-10(11(18)13(14,15)16)9(8)5-6-17(7)12(19)20/h2-4,7,11,18H,5-6H2,1H3,(H,19,20)/t7-,11?/m0/s1. The number of amides is 1. The summed E-state index contributed by atoms with van der Waals surface area (Å²) in [5, 5.41) is 18.5. The first-order chi connectivity index (χ1) is 9.23. The predicted octanol–water partition coefficient (Wildman–Crippen LogP) is 2.88. The van der Waals surface area contributed by atoms with Crippen LogP contribution in [0.2, 0.25) is 0 Å². The van der Waals surface area contributed by atoms with E-state index < -0.39 is 24.4 Å². The second kappa shape index (κ2) is 4.97. The van der Waals surface area contributed by atoms with Crippen molar-refractivity contribution in [3.05, 3.63) is 34.9 Å². The molecule has 1 amide bonds. The van der Waals surface area contributed by atoms with Crippen LogP contribution in [0.5, 0.6) is 0 Å². The molecule has 0 radical (unpaired) electrons. The molecule has 0 saturated heterocycles. The third-order valence-corrected chi connectivity index (χ3v) is 3.62. The molecular weight excluding hydrogens is 275 g/mol. The lowest BCUT2D eigenvalue weighted by molar-refractivity contribution is -0.207. The van der Waals surface area contributed by atoms with E-state index >= 15 is 0 Å². The van der Waals surface area contributed by atoms with Crippen LogP contribution in [0.1, 0.15) is 35.8 Å². The molecule has 1 aliphatic rings. The van der Waals surface area contributed by atoms with Crippen molar-refractivity contribution in [2.24, 2.45) is 0 Å². The molecule has 1 unspecified atom stereocenters. The van der Waals surface area contributed by atoms with Gasteiger partial charge in [0.2, 0.25) is 0 Å². The van der Waals surface area contributed by atoms with Crippen LogP contribution in [0.4, 0.5) is 18.0 Å². The van der Waals surface area contributed by atoms with Crippen molar-refractivity contribution >= 4 is 6.09 Å². The number of benzene rings is 1. The van der Waals surface area contributed by atoms with Crippen LogP contribution < -0.4 is 0 Å². The normalized spacial score (nSPS) is 20.4. The molecule has 0 spiro atoms. The summed E-state index contributed by atoms with van der Waals surface area (Å²) in [4.78, 5) is 12.2. The van der Waals surface area contributed by atoms with Crippen LogP contribution in [0, 0.1) is 0 Å². The Bertz CT molecular complexity index is 530. The Morgan fingerprint density at radius 2 is 2.10 bits per heavy atom. The molecule has 2 N–H and O–H groups in total. The Balaban J connectivity index is 2.45. The third kappa shape index (κ3) is 2.45. The highest BCUT2D eigenvalue weighted by Crippen LogP contribution is 2.39. The summed E-state index contributed by atoms with van der Waals surface area (Å²) in [6.45, 7) is 1.74. The minimum absolute atomic E-state index is 0.116. The maximum Gasteiger partial charge on any atom is 0.418 e. The van der Waals surface area contributed by atoms with E-state index in [0.717, 1.165) is 0 Å². The number of halogens is 3. The average molecular weight is 289 g/mol. The van der Waals surface area contributed by atoms with E-state index in [1.165, 1.54) is 17.0 Å². The number of carboxylic acid groups (broad SMARTS) is 1. The molecule has 1 aliphatic heterocycles. The first-order valence-corrected chi connectivity index (χ1v) is 6.09. The van der Waals surface area contributed by atoms with E-state index in [9.17, 15) is 23.1 Å². The molecule has 1 heterocycles. The Morgan fingerprint density at radius 3 is 2.65 bits per heavy atom. The molecule has 7 heteroatoms. The first-order valence-electron chi connectivity index (χ1n) is 6.09. The number of rotatable bonds is 1. The van der Waals surface area contributed by atoms with Crippen LogP contribution in [-0.2, 0) is 6.42 Å². The van der Waals surface area contributed by atoms with Gasteiger partial charge in [0.1, 0.15) is 0 Å². The summed E-state index contributed by atoms with van der Waals surface area (Å²) in [6.07, 6.45) is -8.22. The van der Waals surface area contributed by atoms with Crippen LogP contribution in [-0.4, -0.2) is 33.9 Å². The minimum Gasteiger partial charge on any atom is -0.465 e. The van der Waals surface area contributed by atoms with E-state index in [1.54, 1.807) is 13.0 Å². The highest BCUT2D eigenvalue weighted by molar-refractivity contribution is 5.66. The van der Waals surface area contributed by atoms with E-state index in [-0.39, 0.29) is 18.5 Å². The summed E-state index contributed by atoms with van der Waals surface area (Å²) in [6, 6.07) is 3.71. The van der Waals surface area contributed by atoms with Crippen molar-refractivity contribution in [1.29, 1.82) is 0 Å². The Hall–Kier alpha value is -1.76. The van der Waals surface area contributed by atoms with Gasteiger partial charge in [0.25, 0.3) is 0 Å². The van der Waals surface area contributed by atoms with Gasteiger partial charge in [-0.25, -0.2) is 4.79 Å². The van der Waals surface area contributed by atoms with Gasteiger partial charge in [-0.3, -0.25) is 0 Å². The first kappa shape index (κ1) is 14.6. The molecule has 0 fully saturated rings. The number of hydrogen-bond acceptors (Lipinski definition) is 2. The maximum absolute atomic E-state index is 12.7. The Labute approximate surface area is 113 Å². The topological polar surface area (TPSA) is 60.8 Å². The highest BCUT2D eigenvalue weighted by Gasteiger charge is 2.41. The Morgan fingerprint density at radius 1 is 1.45 bits per heavy atom. The number of alkyl halides is 3. The molecule has 0 aliphatic carbocycles. The van der Waals surface area contributed by atoms with Gasteiger partial charge in [-0.1, -0.05) is 18.2 Å². The van der Waals surface area contributed by atoms with Gasteiger partial charge in [-0.05, 0) is 30.0 Å². The molecule has 4 nitrogen and oxygen atoms in total. The lowest BCUT2D eigenvalue weighted by atomic mass is 9.88. The van der Waals surface area contributed by atoms with Gasteiger partial charge in [-0.2, -0.15) is 13.2 Å². The van der Waals surface area contributed by atoms with Crippen molar-refractivity contribution in [3.63, 3.8) is 0 Å². The van der Waals surface area contributed by atoms with Gasteiger partial charge in [0.15, 0.2) is 6.10 Å². The summed E-state index contributed by atoms with van der Waals surface area (Å²) in [7, 11) is 0. The van der Waals surface area contributed by atoms with Gasteiger partial charge >= 0.3 is 12.3 Å². The lowest BCUT2D eigenvalue weighted by Gasteiger charge is -2.35. The third-order valence-electron chi connectivity index (χ3n) is 3.62.